The highest BCUT2D eigenvalue weighted by Crippen LogP contribution is 2.26. The van der Waals surface area contributed by atoms with Gasteiger partial charge < -0.3 is 4.57 Å². The SMILES string of the molecule is Cc1cc(Br)n(Cc2ccccc2)c1Br. The number of hydrogen-bond acceptors (Lipinski definition) is 0. The van der Waals surface area contributed by atoms with E-state index in [1.54, 1.807) is 0 Å². The molecule has 0 aliphatic carbocycles. The second-order valence-electron chi connectivity index (χ2n) is 3.51. The molecule has 0 saturated heterocycles. The van der Waals surface area contributed by atoms with E-state index >= 15 is 0 Å². The lowest BCUT2D eigenvalue weighted by atomic mass is 10.2. The van der Waals surface area contributed by atoms with Crippen molar-refractivity contribution in [3.63, 3.8) is 0 Å². The summed E-state index contributed by atoms with van der Waals surface area (Å²) in [5, 5.41) is 0. The molecule has 2 rings (SSSR count). The zero-order valence-electron chi connectivity index (χ0n) is 8.37. The van der Waals surface area contributed by atoms with E-state index in [0.29, 0.717) is 0 Å². The molecule has 0 bridgehead atoms. The van der Waals surface area contributed by atoms with Crippen LogP contribution in [-0.4, -0.2) is 4.57 Å². The summed E-state index contributed by atoms with van der Waals surface area (Å²) in [4.78, 5) is 0. The molecule has 78 valence electrons. The van der Waals surface area contributed by atoms with Crippen molar-refractivity contribution >= 4 is 31.9 Å². The van der Waals surface area contributed by atoms with E-state index in [-0.39, 0.29) is 0 Å². The van der Waals surface area contributed by atoms with E-state index in [1.807, 2.05) is 6.07 Å². The van der Waals surface area contributed by atoms with E-state index in [2.05, 4.69) is 73.7 Å². The smallest absolute Gasteiger partial charge is 0.0888 e. The zero-order chi connectivity index (χ0) is 10.8. The largest absolute Gasteiger partial charge is 0.325 e. The second kappa shape index (κ2) is 4.54. The Morgan fingerprint density at radius 1 is 1.13 bits per heavy atom. The van der Waals surface area contributed by atoms with Gasteiger partial charge in [0.1, 0.15) is 0 Å². The fourth-order valence-corrected chi connectivity index (χ4v) is 2.85. The molecule has 0 spiro atoms. The van der Waals surface area contributed by atoms with Crippen molar-refractivity contribution in [2.45, 2.75) is 13.5 Å². The van der Waals surface area contributed by atoms with Crippen molar-refractivity contribution in [3.8, 4) is 0 Å². The van der Waals surface area contributed by atoms with E-state index in [9.17, 15) is 0 Å². The van der Waals surface area contributed by atoms with E-state index in [0.717, 1.165) is 15.8 Å². The number of benzene rings is 1. The van der Waals surface area contributed by atoms with Gasteiger partial charge in [0.15, 0.2) is 0 Å². The van der Waals surface area contributed by atoms with Gasteiger partial charge in [0.05, 0.1) is 9.21 Å². The Kier molecular flexibility index (Phi) is 3.32. The van der Waals surface area contributed by atoms with Gasteiger partial charge in [-0.15, -0.1) is 0 Å². The molecule has 0 atom stereocenters. The van der Waals surface area contributed by atoms with Crippen LogP contribution in [0.15, 0.2) is 45.6 Å². The molecule has 0 aliphatic rings. The Morgan fingerprint density at radius 3 is 2.33 bits per heavy atom. The van der Waals surface area contributed by atoms with Gasteiger partial charge in [-0.1, -0.05) is 30.3 Å². The molecule has 3 heteroatoms. The maximum Gasteiger partial charge on any atom is 0.0888 e. The molecule has 0 radical (unpaired) electrons. The van der Waals surface area contributed by atoms with Crippen molar-refractivity contribution in [3.05, 3.63) is 56.7 Å². The topological polar surface area (TPSA) is 4.93 Å². The quantitative estimate of drug-likeness (QED) is 0.771. The fourth-order valence-electron chi connectivity index (χ4n) is 1.53. The number of aromatic nitrogens is 1. The predicted octanol–water partition coefficient (Wildman–Crippen LogP) is 4.37. The van der Waals surface area contributed by atoms with Crippen LogP contribution < -0.4 is 0 Å². The van der Waals surface area contributed by atoms with Crippen molar-refractivity contribution in [2.75, 3.05) is 0 Å². The van der Waals surface area contributed by atoms with Gasteiger partial charge in [-0.25, -0.2) is 0 Å². The van der Waals surface area contributed by atoms with E-state index < -0.39 is 0 Å². The molecule has 1 aromatic heterocycles. The van der Waals surface area contributed by atoms with Crippen LogP contribution in [0.2, 0.25) is 0 Å². The van der Waals surface area contributed by atoms with Crippen molar-refractivity contribution in [1.29, 1.82) is 0 Å². The molecule has 0 amide bonds. The summed E-state index contributed by atoms with van der Waals surface area (Å²) in [5.41, 5.74) is 2.55. The molecular formula is C12H11Br2N. The van der Waals surface area contributed by atoms with Crippen molar-refractivity contribution in [2.24, 2.45) is 0 Å². The Bertz CT molecular complexity index is 460. The third kappa shape index (κ3) is 2.34. The molecule has 0 saturated carbocycles. The molecule has 1 heterocycles. The lowest BCUT2D eigenvalue weighted by Crippen LogP contribution is -1.99. The Balaban J connectivity index is 2.32. The summed E-state index contributed by atoms with van der Waals surface area (Å²) >= 11 is 7.15. The summed E-state index contributed by atoms with van der Waals surface area (Å²) in [7, 11) is 0. The number of nitrogens with zero attached hydrogens (tertiary/aromatic N) is 1. The van der Waals surface area contributed by atoms with Gasteiger partial charge in [-0.05, 0) is 56.0 Å². The van der Waals surface area contributed by atoms with Crippen molar-refractivity contribution in [1.82, 2.24) is 4.57 Å². The average molecular weight is 329 g/mol. The van der Waals surface area contributed by atoms with Crippen LogP contribution in [0.3, 0.4) is 0 Å². The highest BCUT2D eigenvalue weighted by Gasteiger charge is 2.07. The summed E-state index contributed by atoms with van der Waals surface area (Å²) in [6.07, 6.45) is 0. The lowest BCUT2D eigenvalue weighted by Gasteiger charge is -2.07. The number of rotatable bonds is 2. The van der Waals surface area contributed by atoms with Crippen LogP contribution in [0.1, 0.15) is 11.1 Å². The van der Waals surface area contributed by atoms with Gasteiger partial charge in [0.25, 0.3) is 0 Å². The maximum atomic E-state index is 3.59. The molecule has 0 aliphatic heterocycles. The molecule has 2 aromatic rings. The van der Waals surface area contributed by atoms with Crippen molar-refractivity contribution < 1.29 is 0 Å². The number of aryl methyl sites for hydroxylation is 1. The van der Waals surface area contributed by atoms with Crippen LogP contribution in [0.4, 0.5) is 0 Å². The minimum atomic E-state index is 0.885. The minimum Gasteiger partial charge on any atom is -0.325 e. The second-order valence-corrected chi connectivity index (χ2v) is 5.08. The highest BCUT2D eigenvalue weighted by molar-refractivity contribution is 9.11. The monoisotopic (exact) mass is 327 g/mol. The first kappa shape index (κ1) is 11.0. The molecule has 0 N–H and O–H groups in total. The average Bonchev–Trinajstić information content (AvgIpc) is 2.47. The van der Waals surface area contributed by atoms with Crippen LogP contribution in [-0.2, 0) is 6.54 Å². The van der Waals surface area contributed by atoms with Crippen LogP contribution in [0.25, 0.3) is 0 Å². The molecule has 15 heavy (non-hydrogen) atoms. The van der Waals surface area contributed by atoms with Gasteiger partial charge in [0, 0.05) is 6.54 Å². The molecule has 0 unspecified atom stereocenters. The van der Waals surface area contributed by atoms with Gasteiger partial charge in [-0.2, -0.15) is 0 Å². The third-order valence-electron chi connectivity index (χ3n) is 2.34. The molecule has 1 aromatic carbocycles. The predicted molar refractivity (Wildman–Crippen MR) is 70.1 cm³/mol. The fraction of sp³-hybridized carbons (Fsp3) is 0.167. The summed E-state index contributed by atoms with van der Waals surface area (Å²) < 4.78 is 4.44. The first-order valence-corrected chi connectivity index (χ1v) is 6.32. The van der Waals surface area contributed by atoms with Gasteiger partial charge in [0.2, 0.25) is 0 Å². The first-order valence-electron chi connectivity index (χ1n) is 4.73. The summed E-state index contributed by atoms with van der Waals surface area (Å²) in [5.74, 6) is 0. The lowest BCUT2D eigenvalue weighted by molar-refractivity contribution is 0.767. The summed E-state index contributed by atoms with van der Waals surface area (Å²) in [6.45, 7) is 2.98. The first-order chi connectivity index (χ1) is 7.18. The molecule has 0 fully saturated rings. The third-order valence-corrected chi connectivity index (χ3v) is 4.05. The highest BCUT2D eigenvalue weighted by atomic mass is 79.9. The number of halogens is 2. The molecular weight excluding hydrogens is 318 g/mol. The van der Waals surface area contributed by atoms with Crippen LogP contribution >= 0.6 is 31.9 Å². The standard InChI is InChI=1S/C12H11Br2N/c1-9-7-11(13)15(12(9)14)8-10-5-3-2-4-6-10/h2-7H,8H2,1H3. The minimum absolute atomic E-state index is 0.885. The van der Waals surface area contributed by atoms with E-state index in [1.165, 1.54) is 11.1 Å². The molecule has 1 nitrogen and oxygen atoms in total. The maximum absolute atomic E-state index is 3.59. The zero-order valence-corrected chi connectivity index (χ0v) is 11.5. The number of hydrogen-bond donors (Lipinski definition) is 0. The summed E-state index contributed by atoms with van der Waals surface area (Å²) in [6, 6.07) is 12.5. The Labute approximate surface area is 106 Å². The Morgan fingerprint density at radius 2 is 1.80 bits per heavy atom. The van der Waals surface area contributed by atoms with Gasteiger partial charge >= 0.3 is 0 Å². The Hall–Kier alpha value is -0.540. The van der Waals surface area contributed by atoms with Crippen LogP contribution in [0.5, 0.6) is 0 Å². The van der Waals surface area contributed by atoms with Crippen LogP contribution in [0, 0.1) is 6.92 Å². The normalized spacial score (nSPS) is 10.6. The van der Waals surface area contributed by atoms with Gasteiger partial charge in [-0.3, -0.25) is 0 Å². The van der Waals surface area contributed by atoms with E-state index in [4.69, 9.17) is 0 Å².